The molecular formula is C24H32N2O2SSi. The smallest absolute Gasteiger partial charge is 0.193 e. The van der Waals surface area contributed by atoms with Gasteiger partial charge in [0.15, 0.2) is 13.5 Å². The van der Waals surface area contributed by atoms with Gasteiger partial charge in [-0.1, -0.05) is 62.9 Å². The molecule has 30 heavy (non-hydrogen) atoms. The zero-order valence-electron chi connectivity index (χ0n) is 19.0. The summed E-state index contributed by atoms with van der Waals surface area (Å²) in [4.78, 5) is 5.89. The van der Waals surface area contributed by atoms with Crippen LogP contribution < -0.4 is 4.74 Å². The standard InChI is InChI=1S/C24H32N2O2SSi/c1-24(2,3)30(6,7)28-22(18-13-15-19(27-5)16-14-18)21-17-25-23(26(21)4)29-20-11-9-8-10-12-20/h8-17,22H,1-7H3. The summed E-state index contributed by atoms with van der Waals surface area (Å²) >= 11 is 1.66. The molecular weight excluding hydrogens is 408 g/mol. The molecule has 0 bridgehead atoms. The Morgan fingerprint density at radius 1 is 1.00 bits per heavy atom. The van der Waals surface area contributed by atoms with E-state index >= 15 is 0 Å². The highest BCUT2D eigenvalue weighted by Crippen LogP contribution is 2.42. The summed E-state index contributed by atoms with van der Waals surface area (Å²) in [6.45, 7) is 11.4. The average molecular weight is 441 g/mol. The highest BCUT2D eigenvalue weighted by atomic mass is 32.2. The van der Waals surface area contributed by atoms with Gasteiger partial charge < -0.3 is 13.7 Å². The molecule has 1 heterocycles. The molecule has 0 saturated carbocycles. The largest absolute Gasteiger partial charge is 0.497 e. The number of imidazole rings is 1. The maximum absolute atomic E-state index is 6.92. The molecule has 1 unspecified atom stereocenters. The van der Waals surface area contributed by atoms with Crippen LogP contribution >= 0.6 is 11.8 Å². The van der Waals surface area contributed by atoms with E-state index in [1.807, 2.05) is 36.5 Å². The van der Waals surface area contributed by atoms with E-state index in [-0.39, 0.29) is 11.1 Å². The van der Waals surface area contributed by atoms with Crippen molar-refractivity contribution >= 4 is 20.1 Å². The van der Waals surface area contributed by atoms with Gasteiger partial charge >= 0.3 is 0 Å². The van der Waals surface area contributed by atoms with Gasteiger partial charge in [0.1, 0.15) is 11.9 Å². The molecule has 2 aromatic carbocycles. The molecule has 1 atom stereocenters. The van der Waals surface area contributed by atoms with Crippen LogP contribution in [0.2, 0.25) is 18.1 Å². The first-order valence-corrected chi connectivity index (χ1v) is 13.9. The highest BCUT2D eigenvalue weighted by molar-refractivity contribution is 7.99. The van der Waals surface area contributed by atoms with Crippen LogP contribution in [0.25, 0.3) is 0 Å². The fourth-order valence-electron chi connectivity index (χ4n) is 2.89. The Bertz CT molecular complexity index is 963. The average Bonchev–Trinajstić information content (AvgIpc) is 3.06. The Hall–Kier alpha value is -2.02. The summed E-state index contributed by atoms with van der Waals surface area (Å²) in [6, 6.07) is 18.5. The molecule has 0 aliphatic rings. The number of ether oxygens (including phenoxy) is 1. The van der Waals surface area contributed by atoms with Crippen LogP contribution in [-0.2, 0) is 11.5 Å². The van der Waals surface area contributed by atoms with Crippen molar-refractivity contribution in [3.63, 3.8) is 0 Å². The van der Waals surface area contributed by atoms with Crippen molar-refractivity contribution in [2.75, 3.05) is 7.11 Å². The third-order valence-corrected chi connectivity index (χ3v) is 11.3. The molecule has 0 fully saturated rings. The Labute approximate surface area is 185 Å². The first-order valence-electron chi connectivity index (χ1n) is 10.2. The van der Waals surface area contributed by atoms with Crippen LogP contribution in [0.4, 0.5) is 0 Å². The van der Waals surface area contributed by atoms with Crippen LogP contribution in [-0.4, -0.2) is 25.0 Å². The zero-order valence-corrected chi connectivity index (χ0v) is 20.8. The lowest BCUT2D eigenvalue weighted by Gasteiger charge is -2.39. The Kier molecular flexibility index (Phi) is 6.80. The maximum atomic E-state index is 6.92. The minimum Gasteiger partial charge on any atom is -0.497 e. The molecule has 0 N–H and O–H groups in total. The van der Waals surface area contributed by atoms with Crippen molar-refractivity contribution in [3.05, 3.63) is 72.1 Å². The first-order chi connectivity index (χ1) is 14.1. The van der Waals surface area contributed by atoms with Gasteiger partial charge in [0.25, 0.3) is 0 Å². The third kappa shape index (κ3) is 4.99. The second-order valence-corrected chi connectivity index (χ2v) is 14.8. The quantitative estimate of drug-likeness (QED) is 0.383. The molecule has 6 heteroatoms. The van der Waals surface area contributed by atoms with Crippen molar-refractivity contribution in [2.45, 2.75) is 55.1 Å². The van der Waals surface area contributed by atoms with Crippen molar-refractivity contribution in [1.82, 2.24) is 9.55 Å². The van der Waals surface area contributed by atoms with E-state index in [2.05, 4.69) is 69.7 Å². The second kappa shape index (κ2) is 9.00. The highest BCUT2D eigenvalue weighted by Gasteiger charge is 2.40. The molecule has 1 aromatic heterocycles. The number of hydrogen-bond donors (Lipinski definition) is 0. The van der Waals surface area contributed by atoms with Gasteiger partial charge in [0.05, 0.1) is 19.0 Å². The summed E-state index contributed by atoms with van der Waals surface area (Å²) in [5.41, 5.74) is 2.17. The van der Waals surface area contributed by atoms with Gasteiger partial charge in [-0.25, -0.2) is 4.98 Å². The summed E-state index contributed by atoms with van der Waals surface area (Å²) in [6.07, 6.45) is 1.77. The lowest BCUT2D eigenvalue weighted by molar-refractivity contribution is 0.213. The number of nitrogens with zero attached hydrogens (tertiary/aromatic N) is 2. The minimum atomic E-state index is -2.02. The van der Waals surface area contributed by atoms with Crippen LogP contribution in [0.15, 0.2) is 70.8 Å². The zero-order chi connectivity index (χ0) is 21.9. The Morgan fingerprint density at radius 3 is 2.20 bits per heavy atom. The predicted octanol–water partition coefficient (Wildman–Crippen LogP) is 6.69. The van der Waals surface area contributed by atoms with Gasteiger partial charge in [0, 0.05) is 11.9 Å². The number of rotatable bonds is 7. The normalized spacial score (nSPS) is 13.3. The summed E-state index contributed by atoms with van der Waals surface area (Å²) in [5, 5.41) is 1.06. The van der Waals surface area contributed by atoms with E-state index in [9.17, 15) is 0 Å². The predicted molar refractivity (Wildman–Crippen MR) is 127 cm³/mol. The van der Waals surface area contributed by atoms with E-state index in [4.69, 9.17) is 14.1 Å². The summed E-state index contributed by atoms with van der Waals surface area (Å²) in [7, 11) is 1.73. The van der Waals surface area contributed by atoms with Crippen molar-refractivity contribution in [1.29, 1.82) is 0 Å². The molecule has 0 radical (unpaired) electrons. The Morgan fingerprint density at radius 2 is 1.63 bits per heavy atom. The number of aromatic nitrogens is 2. The lowest BCUT2D eigenvalue weighted by atomic mass is 10.1. The van der Waals surface area contributed by atoms with Crippen molar-refractivity contribution < 1.29 is 9.16 Å². The number of methoxy groups -OCH3 is 1. The van der Waals surface area contributed by atoms with Crippen LogP contribution in [0, 0.1) is 0 Å². The Balaban J connectivity index is 1.99. The van der Waals surface area contributed by atoms with Gasteiger partial charge in [-0.15, -0.1) is 0 Å². The van der Waals surface area contributed by atoms with Gasteiger partial charge in [-0.05, 0) is 48.0 Å². The van der Waals surface area contributed by atoms with Gasteiger partial charge in [-0.3, -0.25) is 0 Å². The molecule has 0 aliphatic carbocycles. The van der Waals surface area contributed by atoms with Crippen molar-refractivity contribution in [2.24, 2.45) is 7.05 Å². The van der Waals surface area contributed by atoms with E-state index in [1.54, 1.807) is 18.9 Å². The van der Waals surface area contributed by atoms with Crippen LogP contribution in [0.3, 0.4) is 0 Å². The third-order valence-electron chi connectivity index (χ3n) is 5.84. The van der Waals surface area contributed by atoms with Gasteiger partial charge in [0.2, 0.25) is 0 Å². The van der Waals surface area contributed by atoms with E-state index in [1.165, 1.54) is 4.90 Å². The topological polar surface area (TPSA) is 36.3 Å². The molecule has 0 spiro atoms. The maximum Gasteiger partial charge on any atom is 0.193 e. The summed E-state index contributed by atoms with van der Waals surface area (Å²) < 4.78 is 14.4. The molecule has 160 valence electrons. The van der Waals surface area contributed by atoms with Crippen LogP contribution in [0.5, 0.6) is 5.75 Å². The number of benzene rings is 2. The summed E-state index contributed by atoms with van der Waals surface area (Å²) in [5.74, 6) is 0.843. The fraction of sp³-hybridized carbons (Fsp3) is 0.375. The monoisotopic (exact) mass is 440 g/mol. The first kappa shape index (κ1) is 22.7. The van der Waals surface area contributed by atoms with Gasteiger partial charge in [-0.2, -0.15) is 0 Å². The van der Waals surface area contributed by atoms with Crippen LogP contribution in [0.1, 0.15) is 38.1 Å². The molecule has 0 saturated heterocycles. The molecule has 0 amide bonds. The minimum absolute atomic E-state index is 0.109. The SMILES string of the molecule is COc1ccc(C(O[Si](C)(C)C(C)(C)C)c2cnc(Sc3ccccc3)n2C)cc1. The molecule has 3 rings (SSSR count). The van der Waals surface area contributed by atoms with E-state index in [0.717, 1.165) is 22.2 Å². The molecule has 4 nitrogen and oxygen atoms in total. The van der Waals surface area contributed by atoms with E-state index in [0.29, 0.717) is 0 Å². The number of hydrogen-bond acceptors (Lipinski definition) is 4. The molecule has 0 aliphatic heterocycles. The lowest BCUT2D eigenvalue weighted by Crippen LogP contribution is -2.42. The van der Waals surface area contributed by atoms with E-state index < -0.39 is 8.32 Å². The fourth-order valence-corrected chi connectivity index (χ4v) is 4.94. The molecule has 3 aromatic rings. The van der Waals surface area contributed by atoms with Crippen molar-refractivity contribution in [3.8, 4) is 5.75 Å². The second-order valence-electron chi connectivity index (χ2n) is 8.97.